The Hall–Kier alpha value is -1.86. The van der Waals surface area contributed by atoms with Gasteiger partial charge in [-0.15, -0.1) is 0 Å². The molecule has 0 saturated heterocycles. The molecule has 0 saturated carbocycles. The summed E-state index contributed by atoms with van der Waals surface area (Å²) in [6, 6.07) is 4.17. The molecule has 0 heterocycles. The number of carboxylic acids is 1. The largest absolute Gasteiger partial charge is 0.495 e. The number of ether oxygens (including phenoxy) is 1. The van der Waals surface area contributed by atoms with Gasteiger partial charge in [0, 0.05) is 6.08 Å². The van der Waals surface area contributed by atoms with Crippen LogP contribution in [-0.2, 0) is 14.8 Å². The summed E-state index contributed by atoms with van der Waals surface area (Å²) in [5.74, 6) is -1.02. The molecular weight excluding hydrogens is 246 g/mol. The second-order valence-corrected chi connectivity index (χ2v) is 4.66. The van der Waals surface area contributed by atoms with Gasteiger partial charge >= 0.3 is 5.97 Å². The minimum atomic E-state index is -3.91. The molecule has 0 unspecified atom stereocenters. The van der Waals surface area contributed by atoms with E-state index >= 15 is 0 Å². The minimum absolute atomic E-state index is 0.111. The van der Waals surface area contributed by atoms with Crippen molar-refractivity contribution in [3.8, 4) is 5.75 Å². The molecule has 0 bridgehead atoms. The Morgan fingerprint density at radius 1 is 1.47 bits per heavy atom. The summed E-state index contributed by atoms with van der Waals surface area (Å²) < 4.78 is 27.4. The molecule has 0 aliphatic carbocycles. The molecule has 1 aromatic carbocycles. The van der Waals surface area contributed by atoms with Crippen LogP contribution in [0.4, 0.5) is 0 Å². The van der Waals surface area contributed by atoms with Gasteiger partial charge in [-0.25, -0.2) is 18.4 Å². The summed E-state index contributed by atoms with van der Waals surface area (Å²) in [6.45, 7) is 0. The number of sulfonamides is 1. The van der Waals surface area contributed by atoms with Crippen LogP contribution in [0.1, 0.15) is 5.56 Å². The second kappa shape index (κ2) is 4.98. The van der Waals surface area contributed by atoms with E-state index < -0.39 is 16.0 Å². The lowest BCUT2D eigenvalue weighted by Crippen LogP contribution is -2.13. The molecule has 0 spiro atoms. The van der Waals surface area contributed by atoms with Crippen LogP contribution in [0.2, 0.25) is 0 Å². The maximum Gasteiger partial charge on any atom is 0.328 e. The Labute approximate surface area is 98.4 Å². The topological polar surface area (TPSA) is 107 Å². The fourth-order valence-corrected chi connectivity index (χ4v) is 1.92. The van der Waals surface area contributed by atoms with Crippen molar-refractivity contribution >= 4 is 22.1 Å². The van der Waals surface area contributed by atoms with Gasteiger partial charge in [-0.05, 0) is 23.8 Å². The summed E-state index contributed by atoms with van der Waals surface area (Å²) in [4.78, 5) is 10.1. The Balaban J connectivity index is 3.28. The number of primary sulfonamides is 1. The first-order chi connectivity index (χ1) is 7.84. The van der Waals surface area contributed by atoms with Gasteiger partial charge in [0.05, 0.1) is 7.11 Å². The Kier molecular flexibility index (Phi) is 3.87. The smallest absolute Gasteiger partial charge is 0.328 e. The SMILES string of the molecule is COc1ccc(C=CC(=O)O)cc1S(N)(=O)=O. The van der Waals surface area contributed by atoms with Gasteiger partial charge in [0.2, 0.25) is 10.0 Å². The van der Waals surface area contributed by atoms with Crippen LogP contribution in [0.3, 0.4) is 0 Å². The number of hydrogen-bond acceptors (Lipinski definition) is 4. The predicted molar refractivity (Wildman–Crippen MR) is 61.0 cm³/mol. The van der Waals surface area contributed by atoms with Crippen LogP contribution in [-0.4, -0.2) is 26.6 Å². The van der Waals surface area contributed by atoms with Gasteiger partial charge in [0.15, 0.2) is 0 Å². The molecule has 6 nitrogen and oxygen atoms in total. The van der Waals surface area contributed by atoms with Gasteiger partial charge < -0.3 is 9.84 Å². The van der Waals surface area contributed by atoms with Gasteiger partial charge in [-0.2, -0.15) is 0 Å². The van der Waals surface area contributed by atoms with Crippen molar-refractivity contribution in [3.63, 3.8) is 0 Å². The van der Waals surface area contributed by atoms with E-state index in [4.69, 9.17) is 15.0 Å². The third-order valence-corrected chi connectivity index (χ3v) is 2.84. The maximum atomic E-state index is 11.3. The molecule has 3 N–H and O–H groups in total. The minimum Gasteiger partial charge on any atom is -0.495 e. The summed E-state index contributed by atoms with van der Waals surface area (Å²) in [7, 11) is -2.60. The average molecular weight is 257 g/mol. The lowest BCUT2D eigenvalue weighted by atomic mass is 10.2. The van der Waals surface area contributed by atoms with Crippen molar-refractivity contribution in [2.45, 2.75) is 4.90 Å². The summed E-state index contributed by atoms with van der Waals surface area (Å²) in [6.07, 6.45) is 2.16. The van der Waals surface area contributed by atoms with Gasteiger partial charge in [0.25, 0.3) is 0 Å². The molecule has 0 fully saturated rings. The average Bonchev–Trinajstić information content (AvgIpc) is 2.24. The maximum absolute atomic E-state index is 11.3. The zero-order valence-corrected chi connectivity index (χ0v) is 9.77. The van der Waals surface area contributed by atoms with E-state index in [0.29, 0.717) is 5.56 Å². The molecule has 0 atom stereocenters. The highest BCUT2D eigenvalue weighted by Gasteiger charge is 2.14. The standard InChI is InChI=1S/C10H11NO5S/c1-16-8-4-2-7(3-5-10(12)13)6-9(8)17(11,14)15/h2-6H,1H3,(H,12,13)(H2,11,14,15). The Bertz CT molecular complexity index is 562. The number of benzene rings is 1. The van der Waals surface area contributed by atoms with E-state index in [-0.39, 0.29) is 10.6 Å². The number of nitrogens with two attached hydrogens (primary N) is 1. The van der Waals surface area contributed by atoms with Gasteiger partial charge in [0.1, 0.15) is 10.6 Å². The molecule has 92 valence electrons. The van der Waals surface area contributed by atoms with Crippen LogP contribution in [0, 0.1) is 0 Å². The molecule has 7 heteroatoms. The summed E-state index contributed by atoms with van der Waals surface area (Å²) >= 11 is 0. The number of carboxylic acid groups (broad SMARTS) is 1. The fraction of sp³-hybridized carbons (Fsp3) is 0.100. The van der Waals surface area contributed by atoms with Crippen molar-refractivity contribution < 1.29 is 23.1 Å². The zero-order valence-electron chi connectivity index (χ0n) is 8.95. The lowest BCUT2D eigenvalue weighted by Gasteiger charge is -2.07. The molecule has 1 aromatic rings. The highest BCUT2D eigenvalue weighted by atomic mass is 32.2. The molecule has 0 aliphatic rings. The monoisotopic (exact) mass is 257 g/mol. The van der Waals surface area contributed by atoms with E-state index in [1.807, 2.05) is 0 Å². The van der Waals surface area contributed by atoms with Crippen LogP contribution in [0.15, 0.2) is 29.2 Å². The van der Waals surface area contributed by atoms with Crippen LogP contribution < -0.4 is 9.88 Å². The summed E-state index contributed by atoms with van der Waals surface area (Å²) in [5.41, 5.74) is 0.400. The lowest BCUT2D eigenvalue weighted by molar-refractivity contribution is -0.131. The number of rotatable bonds is 4. The number of carbonyl (C=O) groups is 1. The molecule has 0 aromatic heterocycles. The highest BCUT2D eigenvalue weighted by molar-refractivity contribution is 7.89. The summed E-state index contributed by atoms with van der Waals surface area (Å²) in [5, 5.41) is 13.5. The molecule has 0 radical (unpaired) electrons. The van der Waals surface area contributed by atoms with E-state index in [1.165, 1.54) is 31.4 Å². The first kappa shape index (κ1) is 13.2. The fourth-order valence-electron chi connectivity index (χ4n) is 1.19. The van der Waals surface area contributed by atoms with E-state index in [2.05, 4.69) is 0 Å². The van der Waals surface area contributed by atoms with Crippen molar-refractivity contribution in [1.29, 1.82) is 0 Å². The van der Waals surface area contributed by atoms with Gasteiger partial charge in [-0.3, -0.25) is 0 Å². The van der Waals surface area contributed by atoms with Crippen molar-refractivity contribution in [2.75, 3.05) is 7.11 Å². The molecular formula is C10H11NO5S. The third-order valence-electron chi connectivity index (χ3n) is 1.91. The van der Waals surface area contributed by atoms with Crippen LogP contribution in [0.25, 0.3) is 6.08 Å². The van der Waals surface area contributed by atoms with E-state index in [0.717, 1.165) is 6.08 Å². The van der Waals surface area contributed by atoms with Crippen molar-refractivity contribution in [2.24, 2.45) is 5.14 Å². The number of methoxy groups -OCH3 is 1. The Morgan fingerprint density at radius 3 is 2.59 bits per heavy atom. The van der Waals surface area contributed by atoms with E-state index in [9.17, 15) is 13.2 Å². The number of hydrogen-bond donors (Lipinski definition) is 2. The molecule has 17 heavy (non-hydrogen) atoms. The van der Waals surface area contributed by atoms with Gasteiger partial charge in [-0.1, -0.05) is 6.07 Å². The van der Waals surface area contributed by atoms with Crippen LogP contribution in [0.5, 0.6) is 5.75 Å². The number of aliphatic carboxylic acids is 1. The predicted octanol–water partition coefficient (Wildman–Crippen LogP) is 0.440. The van der Waals surface area contributed by atoms with Crippen molar-refractivity contribution in [3.05, 3.63) is 29.8 Å². The molecule has 0 aliphatic heterocycles. The normalized spacial score (nSPS) is 11.6. The van der Waals surface area contributed by atoms with Crippen LogP contribution >= 0.6 is 0 Å². The van der Waals surface area contributed by atoms with E-state index in [1.54, 1.807) is 0 Å². The quantitative estimate of drug-likeness (QED) is 0.761. The van der Waals surface area contributed by atoms with Crippen molar-refractivity contribution in [1.82, 2.24) is 0 Å². The third kappa shape index (κ3) is 3.58. The molecule has 1 rings (SSSR count). The first-order valence-corrected chi connectivity index (χ1v) is 6.01. The zero-order chi connectivity index (χ0) is 13.1. The second-order valence-electron chi connectivity index (χ2n) is 3.13. The molecule has 0 amide bonds. The first-order valence-electron chi connectivity index (χ1n) is 4.46. The highest BCUT2D eigenvalue weighted by Crippen LogP contribution is 2.24. The Morgan fingerprint density at radius 2 is 2.12 bits per heavy atom.